The van der Waals surface area contributed by atoms with Crippen molar-refractivity contribution in [3.8, 4) is 0 Å². The average molecular weight is 339 g/mol. The van der Waals surface area contributed by atoms with E-state index in [1.165, 1.54) is 0 Å². The fourth-order valence-electron chi connectivity index (χ4n) is 2.22. The number of benzene rings is 1. The van der Waals surface area contributed by atoms with Crippen LogP contribution in [0, 0.1) is 11.8 Å². The molecular formula is C14H18Cl3NO2. The highest BCUT2D eigenvalue weighted by molar-refractivity contribution is 6.39. The quantitative estimate of drug-likeness (QED) is 0.806. The molecular weight excluding hydrogens is 321 g/mol. The highest BCUT2D eigenvalue weighted by Crippen LogP contribution is 2.39. The van der Waals surface area contributed by atoms with Crippen molar-refractivity contribution in [3.63, 3.8) is 0 Å². The Kier molecular flexibility index (Phi) is 6.59. The second-order valence-electron chi connectivity index (χ2n) is 5.06. The number of nitrogens with two attached hydrogens (primary N) is 1. The smallest absolute Gasteiger partial charge is 0.307 e. The second-order valence-corrected chi connectivity index (χ2v) is 6.31. The van der Waals surface area contributed by atoms with Crippen LogP contribution in [0.1, 0.15) is 31.7 Å². The van der Waals surface area contributed by atoms with Crippen LogP contribution in [-0.2, 0) is 4.79 Å². The van der Waals surface area contributed by atoms with E-state index in [0.29, 0.717) is 21.5 Å². The van der Waals surface area contributed by atoms with Crippen molar-refractivity contribution in [3.05, 3.63) is 32.8 Å². The number of aliphatic carboxylic acids is 1. The van der Waals surface area contributed by atoms with Gasteiger partial charge >= 0.3 is 5.97 Å². The lowest BCUT2D eigenvalue weighted by Gasteiger charge is -2.24. The summed E-state index contributed by atoms with van der Waals surface area (Å²) in [5.74, 6) is -1.34. The number of carbonyl (C=O) groups is 1. The molecule has 112 valence electrons. The van der Waals surface area contributed by atoms with Crippen LogP contribution in [0.2, 0.25) is 15.1 Å². The van der Waals surface area contributed by atoms with Gasteiger partial charge in [0.2, 0.25) is 0 Å². The van der Waals surface area contributed by atoms with E-state index < -0.39 is 11.9 Å². The zero-order chi connectivity index (χ0) is 15.4. The van der Waals surface area contributed by atoms with Crippen molar-refractivity contribution in [2.75, 3.05) is 6.54 Å². The van der Waals surface area contributed by atoms with Crippen molar-refractivity contribution in [2.45, 2.75) is 26.2 Å². The molecule has 0 bridgehead atoms. The van der Waals surface area contributed by atoms with Gasteiger partial charge in [-0.05, 0) is 36.0 Å². The summed E-state index contributed by atoms with van der Waals surface area (Å²) in [6.07, 6.45) is 0.474. The molecule has 0 saturated heterocycles. The number of carboxylic acids is 1. The van der Waals surface area contributed by atoms with Gasteiger partial charge in [-0.2, -0.15) is 0 Å². The van der Waals surface area contributed by atoms with Crippen LogP contribution in [0.3, 0.4) is 0 Å². The molecule has 3 N–H and O–H groups in total. The molecule has 0 aliphatic carbocycles. The number of hydrogen-bond acceptors (Lipinski definition) is 2. The first-order chi connectivity index (χ1) is 9.27. The van der Waals surface area contributed by atoms with Crippen LogP contribution in [-0.4, -0.2) is 17.6 Å². The molecule has 0 fully saturated rings. The molecule has 1 aromatic rings. The van der Waals surface area contributed by atoms with E-state index in [-0.39, 0.29) is 18.4 Å². The SMILES string of the molecule is CC(CC(CN)C(=O)O)C(C)c1c(Cl)cc(Cl)cc1Cl. The third-order valence-electron chi connectivity index (χ3n) is 3.64. The van der Waals surface area contributed by atoms with Crippen LogP contribution in [0.5, 0.6) is 0 Å². The summed E-state index contributed by atoms with van der Waals surface area (Å²) < 4.78 is 0. The minimum Gasteiger partial charge on any atom is -0.481 e. The van der Waals surface area contributed by atoms with Gasteiger partial charge in [0.05, 0.1) is 5.92 Å². The molecule has 0 amide bonds. The van der Waals surface area contributed by atoms with E-state index in [0.717, 1.165) is 5.56 Å². The maximum absolute atomic E-state index is 11.1. The number of rotatable bonds is 6. The summed E-state index contributed by atoms with van der Waals surface area (Å²) in [6.45, 7) is 4.06. The van der Waals surface area contributed by atoms with Crippen molar-refractivity contribution in [1.29, 1.82) is 0 Å². The Balaban J connectivity index is 2.94. The van der Waals surface area contributed by atoms with Crippen molar-refractivity contribution in [2.24, 2.45) is 17.6 Å². The van der Waals surface area contributed by atoms with Gasteiger partial charge < -0.3 is 10.8 Å². The molecule has 20 heavy (non-hydrogen) atoms. The van der Waals surface area contributed by atoms with Gasteiger partial charge in [-0.25, -0.2) is 0 Å². The fourth-order valence-corrected chi connectivity index (χ4v) is 3.38. The van der Waals surface area contributed by atoms with Crippen molar-refractivity contribution >= 4 is 40.8 Å². The van der Waals surface area contributed by atoms with Crippen LogP contribution in [0.25, 0.3) is 0 Å². The minimum atomic E-state index is -0.875. The van der Waals surface area contributed by atoms with Crippen LogP contribution < -0.4 is 5.73 Å². The maximum Gasteiger partial charge on any atom is 0.307 e. The summed E-state index contributed by atoms with van der Waals surface area (Å²) in [5.41, 5.74) is 6.29. The summed E-state index contributed by atoms with van der Waals surface area (Å²) >= 11 is 18.3. The molecule has 0 spiro atoms. The summed E-state index contributed by atoms with van der Waals surface area (Å²) in [5, 5.41) is 10.6. The molecule has 0 saturated carbocycles. The van der Waals surface area contributed by atoms with E-state index in [1.807, 2.05) is 13.8 Å². The predicted molar refractivity (Wildman–Crippen MR) is 83.8 cm³/mol. The van der Waals surface area contributed by atoms with E-state index in [2.05, 4.69) is 0 Å². The first-order valence-corrected chi connectivity index (χ1v) is 7.48. The standard InChI is InChI=1S/C14H18Cl3NO2/c1-7(3-9(6-18)14(19)20)8(2)13-11(16)4-10(15)5-12(13)17/h4-5,7-9H,3,6,18H2,1-2H3,(H,19,20). The van der Waals surface area contributed by atoms with Gasteiger partial charge in [-0.3, -0.25) is 4.79 Å². The van der Waals surface area contributed by atoms with Gasteiger partial charge in [0.15, 0.2) is 0 Å². The molecule has 1 aromatic carbocycles. The number of hydrogen-bond donors (Lipinski definition) is 2. The van der Waals surface area contributed by atoms with Crippen LogP contribution >= 0.6 is 34.8 Å². The van der Waals surface area contributed by atoms with Gasteiger partial charge in [0, 0.05) is 21.6 Å². The Morgan fingerprint density at radius 2 is 1.75 bits per heavy atom. The summed E-state index contributed by atoms with van der Waals surface area (Å²) in [7, 11) is 0. The third-order valence-corrected chi connectivity index (χ3v) is 4.49. The molecule has 0 radical (unpaired) electrons. The van der Waals surface area contributed by atoms with Crippen LogP contribution in [0.15, 0.2) is 12.1 Å². The van der Waals surface area contributed by atoms with Crippen molar-refractivity contribution < 1.29 is 9.90 Å². The monoisotopic (exact) mass is 337 g/mol. The predicted octanol–water partition coefficient (Wildman–Crippen LogP) is 4.44. The molecule has 1 rings (SSSR count). The van der Waals surface area contributed by atoms with Gasteiger partial charge in [0.1, 0.15) is 0 Å². The molecule has 3 nitrogen and oxygen atoms in total. The largest absolute Gasteiger partial charge is 0.481 e. The Labute approximate surface area is 134 Å². The first kappa shape index (κ1) is 17.6. The highest BCUT2D eigenvalue weighted by Gasteiger charge is 2.25. The topological polar surface area (TPSA) is 63.3 Å². The Hall–Kier alpha value is -0.480. The lowest BCUT2D eigenvalue weighted by atomic mass is 9.82. The Morgan fingerprint density at radius 3 is 2.15 bits per heavy atom. The maximum atomic E-state index is 11.1. The van der Waals surface area contributed by atoms with Gasteiger partial charge in [-0.1, -0.05) is 48.7 Å². The molecule has 6 heteroatoms. The minimum absolute atomic E-state index is 0.0145. The van der Waals surface area contributed by atoms with Crippen LogP contribution in [0.4, 0.5) is 0 Å². The molecule has 0 heterocycles. The summed E-state index contributed by atoms with van der Waals surface area (Å²) in [6, 6.07) is 3.29. The Morgan fingerprint density at radius 1 is 1.25 bits per heavy atom. The third kappa shape index (κ3) is 4.26. The van der Waals surface area contributed by atoms with E-state index in [4.69, 9.17) is 45.6 Å². The van der Waals surface area contributed by atoms with Gasteiger partial charge in [0.25, 0.3) is 0 Å². The van der Waals surface area contributed by atoms with Crippen molar-refractivity contribution in [1.82, 2.24) is 0 Å². The lowest BCUT2D eigenvalue weighted by molar-refractivity contribution is -0.142. The first-order valence-electron chi connectivity index (χ1n) is 6.35. The lowest BCUT2D eigenvalue weighted by Crippen LogP contribution is -2.26. The highest BCUT2D eigenvalue weighted by atomic mass is 35.5. The molecule has 0 aromatic heterocycles. The Bertz CT molecular complexity index is 470. The van der Waals surface area contributed by atoms with E-state index in [1.54, 1.807) is 12.1 Å². The zero-order valence-corrected chi connectivity index (χ0v) is 13.6. The number of carboxylic acid groups (broad SMARTS) is 1. The normalized spacial score (nSPS) is 15.7. The van der Waals surface area contributed by atoms with E-state index in [9.17, 15) is 4.79 Å². The second kappa shape index (κ2) is 7.51. The average Bonchev–Trinajstić information content (AvgIpc) is 2.33. The zero-order valence-electron chi connectivity index (χ0n) is 11.4. The molecule has 3 atom stereocenters. The van der Waals surface area contributed by atoms with Gasteiger partial charge in [-0.15, -0.1) is 0 Å². The summed E-state index contributed by atoms with van der Waals surface area (Å²) in [4.78, 5) is 11.1. The number of halogens is 3. The molecule has 3 unspecified atom stereocenters. The molecule has 0 aliphatic rings. The van der Waals surface area contributed by atoms with E-state index >= 15 is 0 Å². The molecule has 0 aliphatic heterocycles. The fraction of sp³-hybridized carbons (Fsp3) is 0.500.